The second-order valence-corrected chi connectivity index (χ2v) is 4.98. The zero-order chi connectivity index (χ0) is 13.1. The van der Waals surface area contributed by atoms with Gasteiger partial charge in [-0.15, -0.1) is 11.8 Å². The highest BCUT2D eigenvalue weighted by molar-refractivity contribution is 8.05. The predicted octanol–water partition coefficient (Wildman–Crippen LogP) is 5.73. The summed E-state index contributed by atoms with van der Waals surface area (Å²) in [6.45, 7) is 10.5. The maximum Gasteiger partial charge on any atom is -0.0182 e. The summed E-state index contributed by atoms with van der Waals surface area (Å²) in [6, 6.07) is 8.66. The van der Waals surface area contributed by atoms with Crippen molar-refractivity contribution in [2.24, 2.45) is 0 Å². The van der Waals surface area contributed by atoms with Crippen LogP contribution in [0.1, 0.15) is 38.8 Å². The van der Waals surface area contributed by atoms with Crippen molar-refractivity contribution in [1.82, 2.24) is 0 Å². The second-order valence-electron chi connectivity index (χ2n) is 3.83. The van der Waals surface area contributed by atoms with Crippen LogP contribution in [0.2, 0.25) is 0 Å². The fourth-order valence-corrected chi connectivity index (χ4v) is 1.55. The largest absolute Gasteiger partial charge is 0.104 e. The van der Waals surface area contributed by atoms with Crippen molar-refractivity contribution in [3.05, 3.63) is 57.9 Å². The summed E-state index contributed by atoms with van der Waals surface area (Å²) in [5, 5.41) is 2.08. The van der Waals surface area contributed by atoms with E-state index in [1.165, 1.54) is 16.0 Å². The van der Waals surface area contributed by atoms with E-state index < -0.39 is 0 Å². The summed E-state index contributed by atoms with van der Waals surface area (Å²) >= 11 is 1.76. The van der Waals surface area contributed by atoms with Crippen LogP contribution in [0, 0.1) is 6.92 Å². The van der Waals surface area contributed by atoms with Gasteiger partial charge in [-0.25, -0.2) is 0 Å². The molecule has 0 nitrogen and oxygen atoms in total. The van der Waals surface area contributed by atoms with Crippen molar-refractivity contribution in [2.45, 2.75) is 41.0 Å². The molecule has 0 spiro atoms. The van der Waals surface area contributed by atoms with Gasteiger partial charge in [0.15, 0.2) is 0 Å². The first kappa shape index (κ1) is 16.1. The van der Waals surface area contributed by atoms with Crippen LogP contribution in [0.5, 0.6) is 0 Å². The molecule has 1 aromatic carbocycles. The first-order valence-electron chi connectivity index (χ1n) is 6.10. The summed E-state index contributed by atoms with van der Waals surface area (Å²) < 4.78 is 0. The fourth-order valence-electron chi connectivity index (χ4n) is 1.07. The first-order valence-corrected chi connectivity index (χ1v) is 6.98. The first-order chi connectivity index (χ1) is 8.13. The second kappa shape index (κ2) is 10.2. The van der Waals surface area contributed by atoms with E-state index in [9.17, 15) is 0 Å². The van der Waals surface area contributed by atoms with E-state index in [4.69, 9.17) is 0 Å². The molecule has 0 bridgehead atoms. The Labute approximate surface area is 111 Å². The summed E-state index contributed by atoms with van der Waals surface area (Å²) in [6.07, 6.45) is 5.28. The molecule has 0 aliphatic carbocycles. The molecule has 1 heteroatoms. The smallest absolute Gasteiger partial charge is 0.0182 e. The van der Waals surface area contributed by atoms with E-state index in [2.05, 4.69) is 56.5 Å². The van der Waals surface area contributed by atoms with Crippen molar-refractivity contribution in [1.29, 1.82) is 0 Å². The number of thioether (sulfide) groups is 1. The van der Waals surface area contributed by atoms with Crippen molar-refractivity contribution in [2.75, 3.05) is 0 Å². The number of hydrogen-bond acceptors (Lipinski definition) is 1. The van der Waals surface area contributed by atoms with Gasteiger partial charge in [-0.2, -0.15) is 0 Å². The molecule has 0 saturated carbocycles. The van der Waals surface area contributed by atoms with Crippen LogP contribution < -0.4 is 0 Å². The van der Waals surface area contributed by atoms with Crippen molar-refractivity contribution >= 4 is 11.8 Å². The molecule has 0 amide bonds. The molecule has 0 heterocycles. The molecule has 0 aliphatic rings. The summed E-state index contributed by atoms with van der Waals surface area (Å²) in [5.41, 5.74) is 2.76. The van der Waals surface area contributed by atoms with Crippen LogP contribution in [0.3, 0.4) is 0 Å². The van der Waals surface area contributed by atoms with Gasteiger partial charge in [-0.05, 0) is 50.0 Å². The number of aryl methyl sites for hydroxylation is 2. The molecular weight excluding hydrogens is 224 g/mol. The van der Waals surface area contributed by atoms with E-state index >= 15 is 0 Å². The van der Waals surface area contributed by atoms with Gasteiger partial charge < -0.3 is 0 Å². The lowest BCUT2D eigenvalue weighted by molar-refractivity contribution is 1.14. The van der Waals surface area contributed by atoms with Gasteiger partial charge in [0.1, 0.15) is 0 Å². The third kappa shape index (κ3) is 8.82. The zero-order valence-corrected chi connectivity index (χ0v) is 12.5. The normalized spacial score (nSPS) is 11.2. The lowest BCUT2D eigenvalue weighted by atomic mass is 10.1. The number of benzene rings is 1. The van der Waals surface area contributed by atoms with Gasteiger partial charge in [-0.1, -0.05) is 48.9 Å². The molecule has 17 heavy (non-hydrogen) atoms. The Morgan fingerprint density at radius 2 is 1.76 bits per heavy atom. The van der Waals surface area contributed by atoms with Crippen LogP contribution in [0.25, 0.3) is 0 Å². The standard InChI is InChI=1S/C9H12.C7H12S/c1-3-9-6-4-8(2)5-7-9;1-4-6-8-7(3)5-2/h4-7H,3H2,1-2H3;4-6H,1-3H3/b;6-4+,7-5-. The molecular formula is C16H24S. The topological polar surface area (TPSA) is 0 Å². The van der Waals surface area contributed by atoms with Crippen LogP contribution in [-0.4, -0.2) is 0 Å². The lowest BCUT2D eigenvalue weighted by Gasteiger charge is -1.94. The van der Waals surface area contributed by atoms with Gasteiger partial charge in [-0.3, -0.25) is 0 Å². The summed E-state index contributed by atoms with van der Waals surface area (Å²) in [4.78, 5) is 1.35. The van der Waals surface area contributed by atoms with Gasteiger partial charge >= 0.3 is 0 Å². The molecule has 0 aliphatic heterocycles. The van der Waals surface area contributed by atoms with Crippen LogP contribution in [-0.2, 0) is 6.42 Å². The van der Waals surface area contributed by atoms with E-state index in [1.54, 1.807) is 11.8 Å². The Morgan fingerprint density at radius 1 is 1.18 bits per heavy atom. The Bertz CT molecular complexity index is 344. The molecule has 0 unspecified atom stereocenters. The molecule has 94 valence electrons. The third-order valence-electron chi connectivity index (χ3n) is 2.33. The van der Waals surface area contributed by atoms with Crippen molar-refractivity contribution in [3.63, 3.8) is 0 Å². The highest BCUT2D eigenvalue weighted by Crippen LogP contribution is 2.14. The monoisotopic (exact) mass is 248 g/mol. The third-order valence-corrected chi connectivity index (χ3v) is 3.34. The lowest BCUT2D eigenvalue weighted by Crippen LogP contribution is -1.77. The van der Waals surface area contributed by atoms with E-state index in [-0.39, 0.29) is 0 Å². The highest BCUT2D eigenvalue weighted by Gasteiger charge is 1.84. The maximum absolute atomic E-state index is 2.18. The van der Waals surface area contributed by atoms with Crippen molar-refractivity contribution in [3.8, 4) is 0 Å². The van der Waals surface area contributed by atoms with Gasteiger partial charge in [0.2, 0.25) is 0 Å². The molecule has 0 radical (unpaired) electrons. The summed E-state index contributed by atoms with van der Waals surface area (Å²) in [5.74, 6) is 0. The molecule has 0 N–H and O–H groups in total. The van der Waals surface area contributed by atoms with Gasteiger partial charge in [0.05, 0.1) is 0 Å². The fraction of sp³-hybridized carbons (Fsp3) is 0.375. The highest BCUT2D eigenvalue weighted by atomic mass is 32.2. The molecule has 0 saturated heterocycles. The van der Waals surface area contributed by atoms with Gasteiger partial charge in [0, 0.05) is 0 Å². The van der Waals surface area contributed by atoms with E-state index in [0.29, 0.717) is 0 Å². The summed E-state index contributed by atoms with van der Waals surface area (Å²) in [7, 11) is 0. The predicted molar refractivity (Wildman–Crippen MR) is 82.4 cm³/mol. The average Bonchev–Trinajstić information content (AvgIpc) is 2.37. The Hall–Kier alpha value is -0.950. The zero-order valence-electron chi connectivity index (χ0n) is 11.7. The molecule has 0 atom stereocenters. The number of rotatable bonds is 3. The van der Waals surface area contributed by atoms with E-state index in [0.717, 1.165) is 6.42 Å². The molecule has 0 fully saturated rings. The SMILES string of the molecule is C/C=C(/C)S/C=C/C.CCc1ccc(C)cc1. The molecule has 0 aromatic heterocycles. The molecule has 1 aromatic rings. The Morgan fingerprint density at radius 3 is 2.18 bits per heavy atom. The average molecular weight is 248 g/mol. The van der Waals surface area contributed by atoms with Crippen LogP contribution in [0.15, 0.2) is 46.7 Å². The minimum Gasteiger partial charge on any atom is -0.104 e. The minimum atomic E-state index is 1.14. The number of hydrogen-bond donors (Lipinski definition) is 0. The maximum atomic E-state index is 2.18. The number of allylic oxidation sites excluding steroid dienone is 3. The Kier molecular flexibility index (Phi) is 9.65. The quantitative estimate of drug-likeness (QED) is 0.658. The van der Waals surface area contributed by atoms with Crippen LogP contribution in [0.4, 0.5) is 0 Å². The minimum absolute atomic E-state index is 1.14. The molecule has 1 rings (SSSR count). The van der Waals surface area contributed by atoms with E-state index in [1.807, 2.05) is 19.9 Å². The van der Waals surface area contributed by atoms with Gasteiger partial charge in [0.25, 0.3) is 0 Å². The van der Waals surface area contributed by atoms with Crippen LogP contribution >= 0.6 is 11.8 Å². The Balaban J connectivity index is 0.000000304. The van der Waals surface area contributed by atoms with Crippen molar-refractivity contribution < 1.29 is 0 Å².